The molecule has 0 saturated heterocycles. The number of ether oxygens (including phenoxy) is 1. The molecule has 0 unspecified atom stereocenters. The van der Waals surface area contributed by atoms with Gasteiger partial charge in [0, 0.05) is 15.5 Å². The second kappa shape index (κ2) is 4.60. The van der Waals surface area contributed by atoms with E-state index in [1.807, 2.05) is 0 Å². The van der Waals surface area contributed by atoms with Gasteiger partial charge in [0.25, 0.3) is 0 Å². The number of halogens is 1. The molecule has 0 atom stereocenters. The van der Waals surface area contributed by atoms with Crippen LogP contribution in [0.1, 0.15) is 5.56 Å². The van der Waals surface area contributed by atoms with Gasteiger partial charge in [-0.25, -0.2) is 0 Å². The first kappa shape index (κ1) is 9.71. The molecule has 0 heterocycles. The van der Waals surface area contributed by atoms with Crippen molar-refractivity contribution in [1.82, 2.24) is 0 Å². The maximum atomic E-state index is 8.15. The van der Waals surface area contributed by atoms with Gasteiger partial charge in [-0.3, -0.25) is 0 Å². The Morgan fingerprint density at radius 2 is 2.38 bits per heavy atom. The summed E-state index contributed by atoms with van der Waals surface area (Å²) >= 11 is 5.76. The molecule has 0 radical (unpaired) electrons. The lowest BCUT2D eigenvalue weighted by atomic mass is 10.2. The molecule has 0 spiro atoms. The molecule has 1 rings (SSSR count). The minimum atomic E-state index is 0.250. The average Bonchev–Trinajstić information content (AvgIpc) is 2.15. The van der Waals surface area contributed by atoms with Crippen molar-refractivity contribution in [2.24, 2.45) is 5.11 Å². The molecule has 1 aromatic rings. The Bertz CT molecular complexity index is 347. The number of benzene rings is 1. The first-order chi connectivity index (χ1) is 6.27. The fourth-order valence-electron chi connectivity index (χ4n) is 0.979. The minimum Gasteiger partial charge on any atom is -0.496 e. The van der Waals surface area contributed by atoms with Gasteiger partial charge in [-0.05, 0) is 23.7 Å². The minimum absolute atomic E-state index is 0.250. The third kappa shape index (κ3) is 2.54. The molecule has 0 aliphatic heterocycles. The zero-order valence-corrected chi connectivity index (χ0v) is 7.82. The van der Waals surface area contributed by atoms with Crippen LogP contribution >= 0.6 is 11.6 Å². The number of nitrogens with zero attached hydrogens (tertiary/aromatic N) is 3. The van der Waals surface area contributed by atoms with E-state index >= 15 is 0 Å². The van der Waals surface area contributed by atoms with Gasteiger partial charge >= 0.3 is 0 Å². The Labute approximate surface area is 80.7 Å². The van der Waals surface area contributed by atoms with E-state index in [0.29, 0.717) is 10.8 Å². The molecule has 1 aromatic carbocycles. The van der Waals surface area contributed by atoms with Crippen LogP contribution in [0.2, 0.25) is 5.02 Å². The van der Waals surface area contributed by atoms with Crippen molar-refractivity contribution < 1.29 is 4.74 Å². The lowest BCUT2D eigenvalue weighted by Gasteiger charge is -2.05. The van der Waals surface area contributed by atoms with Crippen LogP contribution in [-0.4, -0.2) is 7.11 Å². The van der Waals surface area contributed by atoms with Gasteiger partial charge in [0.1, 0.15) is 5.75 Å². The molecule has 0 N–H and O–H groups in total. The number of methoxy groups -OCH3 is 1. The van der Waals surface area contributed by atoms with E-state index in [1.54, 1.807) is 25.3 Å². The summed E-state index contributed by atoms with van der Waals surface area (Å²) < 4.78 is 5.06. The Hall–Kier alpha value is -1.38. The zero-order chi connectivity index (χ0) is 9.68. The van der Waals surface area contributed by atoms with Crippen LogP contribution in [0.4, 0.5) is 0 Å². The van der Waals surface area contributed by atoms with E-state index in [0.717, 1.165) is 5.56 Å². The Morgan fingerprint density at radius 3 is 3.00 bits per heavy atom. The SMILES string of the molecule is COc1ccc(Cl)cc1CN=[N+]=[N-]. The normalized spacial score (nSPS) is 9.08. The summed E-state index contributed by atoms with van der Waals surface area (Å²) in [6.07, 6.45) is 0. The fourth-order valence-corrected chi connectivity index (χ4v) is 1.17. The summed E-state index contributed by atoms with van der Waals surface area (Å²) in [7, 11) is 1.56. The first-order valence-corrected chi connectivity index (χ1v) is 3.99. The molecule has 0 aromatic heterocycles. The van der Waals surface area contributed by atoms with Crippen molar-refractivity contribution >= 4 is 11.6 Å². The predicted octanol–water partition coefficient (Wildman–Crippen LogP) is 3.16. The summed E-state index contributed by atoms with van der Waals surface area (Å²) in [5, 5.41) is 4.03. The van der Waals surface area contributed by atoms with Crippen molar-refractivity contribution in [3.8, 4) is 5.75 Å². The van der Waals surface area contributed by atoms with Gasteiger partial charge in [0.2, 0.25) is 0 Å². The maximum absolute atomic E-state index is 8.15. The van der Waals surface area contributed by atoms with Crippen LogP contribution in [0, 0.1) is 0 Å². The lowest BCUT2D eigenvalue weighted by molar-refractivity contribution is 0.410. The van der Waals surface area contributed by atoms with Crippen molar-refractivity contribution in [2.45, 2.75) is 6.54 Å². The third-order valence-corrected chi connectivity index (χ3v) is 1.78. The highest BCUT2D eigenvalue weighted by Crippen LogP contribution is 2.23. The third-order valence-electron chi connectivity index (χ3n) is 1.55. The second-order valence-electron chi connectivity index (χ2n) is 2.35. The predicted molar refractivity (Wildman–Crippen MR) is 50.9 cm³/mol. The lowest BCUT2D eigenvalue weighted by Crippen LogP contribution is -1.89. The van der Waals surface area contributed by atoms with Crippen molar-refractivity contribution in [1.29, 1.82) is 0 Å². The van der Waals surface area contributed by atoms with Gasteiger partial charge in [-0.15, -0.1) is 0 Å². The quantitative estimate of drug-likeness (QED) is 0.417. The Kier molecular flexibility index (Phi) is 3.43. The van der Waals surface area contributed by atoms with Crippen LogP contribution in [0.5, 0.6) is 5.75 Å². The zero-order valence-electron chi connectivity index (χ0n) is 7.07. The molecular formula is C8H8ClN3O. The largest absolute Gasteiger partial charge is 0.496 e. The van der Waals surface area contributed by atoms with Crippen LogP contribution in [0.15, 0.2) is 23.3 Å². The van der Waals surface area contributed by atoms with E-state index in [4.69, 9.17) is 21.9 Å². The fraction of sp³-hybridized carbons (Fsp3) is 0.250. The van der Waals surface area contributed by atoms with E-state index in [-0.39, 0.29) is 6.54 Å². The highest BCUT2D eigenvalue weighted by atomic mass is 35.5. The number of hydrogen-bond acceptors (Lipinski definition) is 2. The van der Waals surface area contributed by atoms with E-state index in [1.165, 1.54) is 0 Å². The second-order valence-corrected chi connectivity index (χ2v) is 2.78. The standard InChI is InChI=1S/C8H8ClN3O/c1-13-8-3-2-7(9)4-6(8)5-11-12-10/h2-4H,5H2,1H3. The summed E-state index contributed by atoms with van der Waals surface area (Å²) in [6, 6.07) is 5.18. The number of azide groups is 1. The molecule has 0 saturated carbocycles. The van der Waals surface area contributed by atoms with Crippen molar-refractivity contribution in [2.75, 3.05) is 7.11 Å². The summed E-state index contributed by atoms with van der Waals surface area (Å²) in [5.41, 5.74) is 8.93. The first-order valence-electron chi connectivity index (χ1n) is 3.61. The topological polar surface area (TPSA) is 58.0 Å². The number of hydrogen-bond donors (Lipinski definition) is 0. The molecule has 13 heavy (non-hydrogen) atoms. The smallest absolute Gasteiger partial charge is 0.122 e. The van der Waals surface area contributed by atoms with Crippen molar-refractivity contribution in [3.05, 3.63) is 39.2 Å². The molecule has 0 aliphatic rings. The molecule has 0 bridgehead atoms. The van der Waals surface area contributed by atoms with Crippen LogP contribution in [-0.2, 0) is 6.54 Å². The van der Waals surface area contributed by atoms with Gasteiger partial charge in [-0.2, -0.15) is 0 Å². The molecule has 0 fully saturated rings. The van der Waals surface area contributed by atoms with Crippen molar-refractivity contribution in [3.63, 3.8) is 0 Å². The molecule has 5 heteroatoms. The van der Waals surface area contributed by atoms with Gasteiger partial charge in [0.05, 0.1) is 13.7 Å². The van der Waals surface area contributed by atoms with Gasteiger partial charge in [-0.1, -0.05) is 16.7 Å². The van der Waals surface area contributed by atoms with Crippen LogP contribution < -0.4 is 4.74 Å². The number of rotatable bonds is 3. The Balaban J connectivity index is 3.00. The Morgan fingerprint density at radius 1 is 1.62 bits per heavy atom. The monoisotopic (exact) mass is 197 g/mol. The van der Waals surface area contributed by atoms with E-state index in [2.05, 4.69) is 10.0 Å². The molecule has 0 aliphatic carbocycles. The summed E-state index contributed by atoms with van der Waals surface area (Å²) in [6.45, 7) is 0.250. The van der Waals surface area contributed by atoms with E-state index in [9.17, 15) is 0 Å². The molecular weight excluding hydrogens is 190 g/mol. The van der Waals surface area contributed by atoms with Crippen LogP contribution in [0.25, 0.3) is 10.4 Å². The summed E-state index contributed by atoms with van der Waals surface area (Å²) in [5.74, 6) is 0.678. The highest BCUT2D eigenvalue weighted by molar-refractivity contribution is 6.30. The molecule has 0 amide bonds. The van der Waals surface area contributed by atoms with Gasteiger partial charge in [0.15, 0.2) is 0 Å². The maximum Gasteiger partial charge on any atom is 0.122 e. The molecule has 68 valence electrons. The van der Waals surface area contributed by atoms with Gasteiger partial charge < -0.3 is 4.74 Å². The highest BCUT2D eigenvalue weighted by Gasteiger charge is 2.01. The van der Waals surface area contributed by atoms with Crippen LogP contribution in [0.3, 0.4) is 0 Å². The average molecular weight is 198 g/mol. The summed E-state index contributed by atoms with van der Waals surface area (Å²) in [4.78, 5) is 2.66. The molecule has 4 nitrogen and oxygen atoms in total. The van der Waals surface area contributed by atoms with E-state index < -0.39 is 0 Å².